The summed E-state index contributed by atoms with van der Waals surface area (Å²) in [4.78, 5) is 20.4. The topological polar surface area (TPSA) is 92.9 Å². The highest BCUT2D eigenvalue weighted by molar-refractivity contribution is 5.94. The normalized spacial score (nSPS) is 23.1. The second kappa shape index (κ2) is 5.26. The maximum absolute atomic E-state index is 11.6. The summed E-state index contributed by atoms with van der Waals surface area (Å²) in [6, 6.07) is 0.415. The summed E-state index contributed by atoms with van der Waals surface area (Å²) >= 11 is 0. The average molecular weight is 275 g/mol. The fourth-order valence-corrected chi connectivity index (χ4v) is 3.13. The van der Waals surface area contributed by atoms with Crippen LogP contribution in [-0.2, 0) is 4.79 Å². The summed E-state index contributed by atoms with van der Waals surface area (Å²) in [6.07, 6.45) is 6.51. The molecule has 6 heteroatoms. The van der Waals surface area contributed by atoms with Gasteiger partial charge < -0.3 is 16.4 Å². The summed E-state index contributed by atoms with van der Waals surface area (Å²) in [5.41, 5.74) is 6.90. The minimum atomic E-state index is -0.00767. The van der Waals surface area contributed by atoms with Crippen LogP contribution in [0.2, 0.25) is 0 Å². The van der Waals surface area contributed by atoms with E-state index in [1.54, 1.807) is 0 Å². The van der Waals surface area contributed by atoms with Crippen molar-refractivity contribution in [1.29, 1.82) is 0 Å². The van der Waals surface area contributed by atoms with E-state index in [4.69, 9.17) is 5.73 Å². The number of nitrogen functional groups attached to an aromatic ring is 1. The highest BCUT2D eigenvalue weighted by Gasteiger charge is 2.27. The molecule has 1 amide bonds. The molecule has 3 rings (SSSR count). The van der Waals surface area contributed by atoms with Crippen molar-refractivity contribution >= 4 is 23.5 Å². The largest absolute Gasteiger partial charge is 0.383 e. The number of hydrogen-bond acceptors (Lipinski definition) is 5. The zero-order valence-electron chi connectivity index (χ0n) is 11.8. The van der Waals surface area contributed by atoms with E-state index in [-0.39, 0.29) is 11.8 Å². The van der Waals surface area contributed by atoms with Gasteiger partial charge in [0.05, 0.1) is 0 Å². The van der Waals surface area contributed by atoms with E-state index in [0.717, 1.165) is 18.4 Å². The molecule has 2 aliphatic rings. The summed E-state index contributed by atoms with van der Waals surface area (Å²) in [6.45, 7) is 1.98. The molecule has 108 valence electrons. The predicted octanol–water partition coefficient (Wildman–Crippen LogP) is 2.25. The Hall–Kier alpha value is -1.85. The number of nitrogens with zero attached hydrogens (tertiary/aromatic N) is 2. The van der Waals surface area contributed by atoms with Gasteiger partial charge in [-0.25, -0.2) is 0 Å². The molecule has 0 saturated heterocycles. The van der Waals surface area contributed by atoms with Gasteiger partial charge in [-0.05, 0) is 18.8 Å². The lowest BCUT2D eigenvalue weighted by atomic mass is 9.95. The van der Waals surface area contributed by atoms with Gasteiger partial charge in [0.15, 0.2) is 0 Å². The molecule has 0 aromatic carbocycles. The van der Waals surface area contributed by atoms with Crippen molar-refractivity contribution in [2.75, 3.05) is 16.4 Å². The third-order valence-corrected chi connectivity index (χ3v) is 4.16. The van der Waals surface area contributed by atoms with Crippen LogP contribution in [0, 0.1) is 0 Å². The second-order valence-electron chi connectivity index (χ2n) is 5.83. The number of rotatable bonds is 2. The molecule has 0 bridgehead atoms. The second-order valence-corrected chi connectivity index (χ2v) is 5.83. The van der Waals surface area contributed by atoms with Gasteiger partial charge in [0.25, 0.3) is 0 Å². The van der Waals surface area contributed by atoms with Gasteiger partial charge in [0, 0.05) is 18.0 Å². The first kappa shape index (κ1) is 13.1. The molecule has 1 aromatic heterocycles. The van der Waals surface area contributed by atoms with Crippen molar-refractivity contribution < 1.29 is 4.79 Å². The molecule has 1 unspecified atom stereocenters. The third-order valence-electron chi connectivity index (χ3n) is 4.16. The number of fused-ring (bicyclic) bond motifs is 1. The van der Waals surface area contributed by atoms with Gasteiger partial charge in [-0.2, -0.15) is 9.97 Å². The number of aromatic nitrogens is 2. The van der Waals surface area contributed by atoms with Gasteiger partial charge in [-0.15, -0.1) is 0 Å². The SMILES string of the molecule is CC1CC(=O)Nc2nc(NC3CCCCC3)nc(N)c21. The van der Waals surface area contributed by atoms with Crippen LogP contribution in [0.4, 0.5) is 17.6 Å². The Bertz CT molecular complexity index is 525. The lowest BCUT2D eigenvalue weighted by Gasteiger charge is -2.26. The predicted molar refractivity (Wildman–Crippen MR) is 78.6 cm³/mol. The number of carbonyl (C=O) groups excluding carboxylic acids is 1. The lowest BCUT2D eigenvalue weighted by Crippen LogP contribution is -2.27. The zero-order chi connectivity index (χ0) is 14.1. The van der Waals surface area contributed by atoms with Crippen LogP contribution in [0.5, 0.6) is 0 Å². The summed E-state index contributed by atoms with van der Waals surface area (Å²) in [5.74, 6) is 1.64. The maximum atomic E-state index is 11.6. The number of hydrogen-bond donors (Lipinski definition) is 3. The molecular formula is C14H21N5O. The van der Waals surface area contributed by atoms with Crippen LogP contribution < -0.4 is 16.4 Å². The first-order valence-corrected chi connectivity index (χ1v) is 7.37. The Balaban J connectivity index is 1.84. The van der Waals surface area contributed by atoms with Gasteiger partial charge in [0.2, 0.25) is 11.9 Å². The summed E-state index contributed by atoms with van der Waals surface area (Å²) in [7, 11) is 0. The van der Waals surface area contributed by atoms with E-state index in [2.05, 4.69) is 20.6 Å². The fourth-order valence-electron chi connectivity index (χ4n) is 3.13. The molecule has 20 heavy (non-hydrogen) atoms. The van der Waals surface area contributed by atoms with E-state index < -0.39 is 0 Å². The van der Waals surface area contributed by atoms with Crippen molar-refractivity contribution in [3.63, 3.8) is 0 Å². The Morgan fingerprint density at radius 3 is 2.75 bits per heavy atom. The van der Waals surface area contributed by atoms with Gasteiger partial charge in [0.1, 0.15) is 11.6 Å². The lowest BCUT2D eigenvalue weighted by molar-refractivity contribution is -0.116. The first-order chi connectivity index (χ1) is 9.63. The molecule has 2 heterocycles. The van der Waals surface area contributed by atoms with E-state index in [1.165, 1.54) is 19.3 Å². The molecule has 1 atom stereocenters. The Kier molecular flexibility index (Phi) is 3.46. The molecule has 1 aliphatic heterocycles. The van der Waals surface area contributed by atoms with Crippen LogP contribution in [0.15, 0.2) is 0 Å². The minimum absolute atomic E-state index is 0.00767. The summed E-state index contributed by atoms with van der Waals surface area (Å²) in [5, 5.41) is 6.15. The van der Waals surface area contributed by atoms with Crippen LogP contribution in [0.3, 0.4) is 0 Å². The standard InChI is InChI=1S/C14H21N5O/c1-8-7-10(20)17-13-11(8)12(15)18-14(19-13)16-9-5-3-2-4-6-9/h8-9H,2-7H2,1H3,(H4,15,16,17,18,19,20). The number of carbonyl (C=O) groups is 1. The molecule has 6 nitrogen and oxygen atoms in total. The maximum Gasteiger partial charge on any atom is 0.226 e. The van der Waals surface area contributed by atoms with Gasteiger partial charge in [-0.1, -0.05) is 26.2 Å². The highest BCUT2D eigenvalue weighted by atomic mass is 16.1. The van der Waals surface area contributed by atoms with Crippen LogP contribution in [-0.4, -0.2) is 21.9 Å². The highest BCUT2D eigenvalue weighted by Crippen LogP contribution is 2.34. The molecule has 1 fully saturated rings. The third kappa shape index (κ3) is 2.55. The van der Waals surface area contributed by atoms with Gasteiger partial charge in [-0.3, -0.25) is 4.79 Å². The van der Waals surface area contributed by atoms with E-state index in [9.17, 15) is 4.79 Å². The van der Waals surface area contributed by atoms with Crippen molar-refractivity contribution in [3.8, 4) is 0 Å². The fraction of sp³-hybridized carbons (Fsp3) is 0.643. The van der Waals surface area contributed by atoms with E-state index in [0.29, 0.717) is 30.0 Å². The minimum Gasteiger partial charge on any atom is -0.383 e. The molecule has 1 saturated carbocycles. The first-order valence-electron chi connectivity index (χ1n) is 7.37. The van der Waals surface area contributed by atoms with Crippen molar-refractivity contribution in [2.45, 2.75) is 57.4 Å². The zero-order valence-corrected chi connectivity index (χ0v) is 11.8. The number of anilines is 3. The Labute approximate surface area is 118 Å². The molecule has 1 aliphatic carbocycles. The smallest absolute Gasteiger partial charge is 0.226 e. The van der Waals surface area contributed by atoms with Crippen LogP contribution >= 0.6 is 0 Å². The molecule has 0 radical (unpaired) electrons. The Morgan fingerprint density at radius 1 is 1.25 bits per heavy atom. The van der Waals surface area contributed by atoms with Crippen molar-refractivity contribution in [3.05, 3.63) is 5.56 Å². The van der Waals surface area contributed by atoms with Gasteiger partial charge >= 0.3 is 0 Å². The Morgan fingerprint density at radius 2 is 2.00 bits per heavy atom. The quantitative estimate of drug-likeness (QED) is 0.769. The number of amides is 1. The van der Waals surface area contributed by atoms with Crippen molar-refractivity contribution in [2.24, 2.45) is 0 Å². The number of nitrogens with one attached hydrogen (secondary N) is 2. The monoisotopic (exact) mass is 275 g/mol. The molecular weight excluding hydrogens is 254 g/mol. The molecule has 0 spiro atoms. The molecule has 1 aromatic rings. The van der Waals surface area contributed by atoms with E-state index >= 15 is 0 Å². The number of nitrogens with two attached hydrogens (primary N) is 1. The average Bonchev–Trinajstić information content (AvgIpc) is 2.38. The summed E-state index contributed by atoms with van der Waals surface area (Å²) < 4.78 is 0. The van der Waals surface area contributed by atoms with Crippen LogP contribution in [0.25, 0.3) is 0 Å². The molecule has 4 N–H and O–H groups in total. The van der Waals surface area contributed by atoms with Crippen LogP contribution in [0.1, 0.15) is 56.9 Å². The van der Waals surface area contributed by atoms with Crippen molar-refractivity contribution in [1.82, 2.24) is 9.97 Å². The van der Waals surface area contributed by atoms with E-state index in [1.807, 2.05) is 6.92 Å².